The van der Waals surface area contributed by atoms with Crippen molar-refractivity contribution in [1.29, 1.82) is 0 Å². The van der Waals surface area contributed by atoms with Crippen molar-refractivity contribution in [2.75, 3.05) is 33.0 Å². The summed E-state index contributed by atoms with van der Waals surface area (Å²) in [4.78, 5) is 135. The molecular formula is C44H72N10O31S5. The SMILES string of the molecule is CC(C)[C@H](NC(=O)[C@H](Cc1ccccc1)NC(=O)[C@@H](NC(=O)[C@@H](N)COS(=O)(=O)O)C(C)C)C(=O)N[C@@H](COS(=O)(=O)O)C(=O)N[C@@H](COS(=O)(=O)O)C(=O)N[C@H](C(=O)N[C@H](C(=O)N[C@@H](COS(=O)(=O)O)C(=O)N[C@@H](COS(=O)(=O)O)C(=O)O)C(C)C)C(C)C. The number of hydrogen-bond acceptors (Lipinski definition) is 26. The molecule has 0 aliphatic rings. The number of hydrogen-bond donors (Lipinski definition) is 16. The number of amides is 9. The van der Waals surface area contributed by atoms with E-state index in [9.17, 15) is 104 Å². The quantitative estimate of drug-likeness (QED) is 0.0272. The van der Waals surface area contributed by atoms with Gasteiger partial charge in [-0.2, -0.15) is 42.1 Å². The van der Waals surface area contributed by atoms with Crippen molar-refractivity contribution in [3.8, 4) is 0 Å². The summed E-state index contributed by atoms with van der Waals surface area (Å²) in [5.74, 6) is -18.2. The Balaban J connectivity index is 3.68. The molecule has 0 fully saturated rings. The number of nitrogens with two attached hydrogens (primary N) is 1. The lowest BCUT2D eigenvalue weighted by Gasteiger charge is -2.30. The summed E-state index contributed by atoms with van der Waals surface area (Å²) in [7, 11) is -26.8. The zero-order valence-corrected chi connectivity index (χ0v) is 52.8. The van der Waals surface area contributed by atoms with Gasteiger partial charge in [0.2, 0.25) is 53.2 Å². The molecule has 0 saturated heterocycles. The fraction of sp³-hybridized carbons (Fsp3) is 0.636. The molecule has 0 unspecified atom stereocenters. The fourth-order valence-electron chi connectivity index (χ4n) is 7.11. The zero-order valence-electron chi connectivity index (χ0n) is 48.7. The van der Waals surface area contributed by atoms with Gasteiger partial charge in [0, 0.05) is 6.42 Å². The summed E-state index contributed by atoms with van der Waals surface area (Å²) in [5, 5.41) is 28.3. The molecule has 0 bridgehead atoms. The lowest BCUT2D eigenvalue weighted by Crippen LogP contribution is -2.63. The highest BCUT2D eigenvalue weighted by Crippen LogP contribution is 2.13. The van der Waals surface area contributed by atoms with Crippen LogP contribution in [-0.4, -0.2) is 223 Å². The first kappa shape index (κ1) is 81.2. The van der Waals surface area contributed by atoms with Crippen molar-refractivity contribution in [2.24, 2.45) is 29.4 Å². The molecule has 9 amide bonds. The number of aliphatic carboxylic acids is 1. The molecule has 41 nitrogen and oxygen atoms in total. The van der Waals surface area contributed by atoms with Gasteiger partial charge in [-0.15, -0.1) is 0 Å². The molecule has 17 N–H and O–H groups in total. The minimum atomic E-state index is -5.53. The Morgan fingerprint density at radius 2 is 0.589 bits per heavy atom. The third-order valence-electron chi connectivity index (χ3n) is 11.7. The van der Waals surface area contributed by atoms with Crippen LogP contribution in [0.5, 0.6) is 0 Å². The number of carbonyl (C=O) groups is 10. The average Bonchev–Trinajstić information content (AvgIpc) is 3.01. The molecule has 0 radical (unpaired) electrons. The van der Waals surface area contributed by atoms with E-state index in [1.807, 2.05) is 16.0 Å². The molecule has 0 saturated carbocycles. The van der Waals surface area contributed by atoms with Gasteiger partial charge in [-0.1, -0.05) is 85.7 Å². The van der Waals surface area contributed by atoms with Crippen LogP contribution in [0, 0.1) is 23.7 Å². The highest BCUT2D eigenvalue weighted by atomic mass is 32.3. The fourth-order valence-corrected chi connectivity index (χ4v) is 8.66. The predicted molar refractivity (Wildman–Crippen MR) is 300 cm³/mol. The van der Waals surface area contributed by atoms with E-state index in [4.69, 9.17) is 19.4 Å². The molecule has 514 valence electrons. The molecule has 10 atom stereocenters. The van der Waals surface area contributed by atoms with Crippen LogP contribution in [0.4, 0.5) is 0 Å². The van der Waals surface area contributed by atoms with Gasteiger partial charge in [-0.3, -0.25) is 65.9 Å². The summed E-state index contributed by atoms with van der Waals surface area (Å²) >= 11 is 0. The minimum Gasteiger partial charge on any atom is -0.480 e. The van der Waals surface area contributed by atoms with Gasteiger partial charge in [0.25, 0.3) is 0 Å². The van der Waals surface area contributed by atoms with Crippen LogP contribution in [0.25, 0.3) is 0 Å². The smallest absolute Gasteiger partial charge is 0.397 e. The van der Waals surface area contributed by atoms with Crippen molar-refractivity contribution in [3.05, 3.63) is 35.9 Å². The average molecular weight is 1400 g/mol. The Hall–Kier alpha value is -6.77. The maximum atomic E-state index is 14.2. The van der Waals surface area contributed by atoms with E-state index >= 15 is 0 Å². The topological polar surface area (TPSA) is 643 Å². The standard InChI is InChI=1S/C44H72N10O31S5/c1-20(2)31(51-35(55)25(45)15-81-86(66,67)68)40(60)46-26(14-24-12-10-9-11-13-24)36(56)52-32(21(3)4)41(61)48-27(16-82-87(69,70)71)37(57)47-29(18-84-89(75,76)77)39(59)53-34(23(7)8)43(63)54-33(22(5)6)42(62)49-28(17-83-88(72,73)74)38(58)50-30(44(64)65)19-85-90(78,79)80/h9-13,20-23,25-34H,14-19,45H2,1-8H3,(H,46,60)(H,47,57)(H,48,61)(H,49,62)(H,50,58)(H,51,55)(H,52,56)(H,53,59)(H,54,63)(H,64,65)(H,66,67,68)(H,69,70,71)(H,72,73,74)(H,75,76,77)(H,78,79,80)/t25-,26-,27-,28-,29-,30-,31-,32-,33-,34-/m0/s1. The van der Waals surface area contributed by atoms with Crippen LogP contribution < -0.4 is 53.6 Å². The van der Waals surface area contributed by atoms with E-state index in [1.54, 1.807) is 23.5 Å². The van der Waals surface area contributed by atoms with Gasteiger partial charge < -0.3 is 58.7 Å². The molecule has 0 aliphatic heterocycles. The number of carbonyl (C=O) groups excluding carboxylic acids is 9. The maximum Gasteiger partial charge on any atom is 0.397 e. The van der Waals surface area contributed by atoms with Crippen molar-refractivity contribution in [1.82, 2.24) is 47.9 Å². The largest absolute Gasteiger partial charge is 0.480 e. The van der Waals surface area contributed by atoms with Crippen LogP contribution in [0.15, 0.2) is 30.3 Å². The first-order chi connectivity index (χ1) is 41.0. The van der Waals surface area contributed by atoms with E-state index in [-0.39, 0.29) is 6.42 Å². The summed E-state index contributed by atoms with van der Waals surface area (Å²) in [6.07, 6.45) is -0.318. The Morgan fingerprint density at radius 3 is 0.900 bits per heavy atom. The van der Waals surface area contributed by atoms with Gasteiger partial charge in [0.1, 0.15) is 54.4 Å². The molecule has 1 aromatic carbocycles. The van der Waals surface area contributed by atoms with Gasteiger partial charge >= 0.3 is 58.0 Å². The van der Waals surface area contributed by atoms with E-state index in [2.05, 4.69) is 47.5 Å². The van der Waals surface area contributed by atoms with Gasteiger partial charge in [0.15, 0.2) is 6.04 Å². The van der Waals surface area contributed by atoms with E-state index in [0.29, 0.717) is 5.56 Å². The first-order valence-corrected chi connectivity index (χ1v) is 32.7. The number of rotatable bonds is 40. The summed E-state index contributed by atoms with van der Waals surface area (Å²) in [6.45, 7) is 3.54. The maximum absolute atomic E-state index is 14.2. The van der Waals surface area contributed by atoms with Gasteiger partial charge in [-0.05, 0) is 29.2 Å². The molecule has 1 rings (SSSR count). The normalized spacial score (nSPS) is 15.7. The molecular weight excluding hydrogens is 1320 g/mol. The number of carboxylic acid groups (broad SMARTS) is 1. The monoisotopic (exact) mass is 1400 g/mol. The summed E-state index contributed by atoms with van der Waals surface area (Å²) in [6, 6.07) is -12.1. The van der Waals surface area contributed by atoms with Gasteiger partial charge in [-0.25, -0.2) is 25.7 Å². The second-order valence-corrected chi connectivity index (χ2v) is 25.9. The first-order valence-electron chi connectivity index (χ1n) is 25.9. The molecule has 90 heavy (non-hydrogen) atoms. The van der Waals surface area contributed by atoms with E-state index in [0.717, 1.165) is 0 Å². The molecule has 0 aliphatic carbocycles. The van der Waals surface area contributed by atoms with Crippen LogP contribution in [-0.2, 0) is 127 Å². The highest BCUT2D eigenvalue weighted by molar-refractivity contribution is 7.81. The molecule has 46 heteroatoms. The van der Waals surface area contributed by atoms with Crippen molar-refractivity contribution in [2.45, 2.75) is 122 Å². The van der Waals surface area contributed by atoms with Crippen LogP contribution in [0.1, 0.15) is 61.0 Å². The molecule has 0 aromatic heterocycles. The van der Waals surface area contributed by atoms with Crippen molar-refractivity contribution < 1.29 is 139 Å². The molecule has 1 aromatic rings. The summed E-state index contributed by atoms with van der Waals surface area (Å²) < 4.78 is 181. The minimum absolute atomic E-state index is 0.318. The Morgan fingerprint density at radius 1 is 0.356 bits per heavy atom. The van der Waals surface area contributed by atoms with E-state index < -0.39 is 228 Å². The Labute approximate surface area is 516 Å². The Bertz CT molecular complexity index is 3280. The lowest BCUT2D eigenvalue weighted by atomic mass is 9.99. The molecule has 0 spiro atoms. The van der Waals surface area contributed by atoms with Crippen molar-refractivity contribution >= 4 is 111 Å². The highest BCUT2D eigenvalue weighted by Gasteiger charge is 2.39. The molecule has 0 heterocycles. The van der Waals surface area contributed by atoms with Crippen molar-refractivity contribution in [3.63, 3.8) is 0 Å². The Kier molecular flexibility index (Phi) is 32.3. The second kappa shape index (κ2) is 35.7. The van der Waals surface area contributed by atoms with E-state index in [1.165, 1.54) is 67.5 Å². The number of carboxylic acids is 1. The second-order valence-electron chi connectivity index (χ2n) is 20.4. The van der Waals surface area contributed by atoms with Crippen LogP contribution in [0.2, 0.25) is 0 Å². The third kappa shape index (κ3) is 32.3. The number of benzene rings is 1. The zero-order chi connectivity index (χ0) is 69.6. The lowest BCUT2D eigenvalue weighted by molar-refractivity contribution is -0.143. The van der Waals surface area contributed by atoms with Crippen LogP contribution in [0.3, 0.4) is 0 Å². The van der Waals surface area contributed by atoms with Gasteiger partial charge in [0.05, 0.1) is 33.0 Å². The predicted octanol–water partition coefficient (Wildman–Crippen LogP) is -7.27. The third-order valence-corrected chi connectivity index (χ3v) is 13.9. The summed E-state index contributed by atoms with van der Waals surface area (Å²) in [5.41, 5.74) is 6.07. The van der Waals surface area contributed by atoms with Crippen LogP contribution >= 0.6 is 0 Å². The number of nitrogens with one attached hydrogen (secondary N) is 9.